The van der Waals surface area contributed by atoms with E-state index in [0.29, 0.717) is 12.6 Å². The molecule has 6 nitrogen and oxygen atoms in total. The molecule has 0 bridgehead atoms. The van der Waals surface area contributed by atoms with Crippen LogP contribution in [0.4, 0.5) is 0 Å². The maximum Gasteiger partial charge on any atom is 0.135 e. The first-order valence-electron chi connectivity index (χ1n) is 14.5. The van der Waals surface area contributed by atoms with Crippen molar-refractivity contribution in [3.05, 3.63) is 95.8 Å². The van der Waals surface area contributed by atoms with Gasteiger partial charge in [0, 0.05) is 43.7 Å². The fraction of sp³-hybridized carbons (Fsp3) is 0.424. The van der Waals surface area contributed by atoms with E-state index in [1.807, 2.05) is 12.1 Å². The molecule has 1 N–H and O–H groups in total. The molecule has 4 aromatic rings. The third kappa shape index (κ3) is 6.35. The van der Waals surface area contributed by atoms with E-state index < -0.39 is 0 Å². The van der Waals surface area contributed by atoms with E-state index in [1.165, 1.54) is 11.1 Å². The van der Waals surface area contributed by atoms with Crippen LogP contribution in [0, 0.1) is 0 Å². The average Bonchev–Trinajstić information content (AvgIpc) is 3.38. The fourth-order valence-electron chi connectivity index (χ4n) is 6.01. The smallest absolute Gasteiger partial charge is 0.135 e. The van der Waals surface area contributed by atoms with Crippen LogP contribution in [-0.2, 0) is 6.61 Å². The van der Waals surface area contributed by atoms with E-state index in [2.05, 4.69) is 99.9 Å². The Morgan fingerprint density at radius 2 is 1.62 bits per heavy atom. The van der Waals surface area contributed by atoms with Crippen molar-refractivity contribution in [2.75, 3.05) is 45.9 Å². The molecular weight excluding hydrogens is 484 g/mol. The molecule has 0 spiro atoms. The molecule has 206 valence electrons. The number of benzene rings is 3. The van der Waals surface area contributed by atoms with Gasteiger partial charge in [0.25, 0.3) is 0 Å². The molecule has 0 radical (unpaired) electrons. The monoisotopic (exact) mass is 526 g/mol. The maximum atomic E-state index is 9.92. The van der Waals surface area contributed by atoms with Gasteiger partial charge in [-0.05, 0) is 49.7 Å². The highest BCUT2D eigenvalue weighted by atomic mass is 16.5. The van der Waals surface area contributed by atoms with Gasteiger partial charge in [0.1, 0.15) is 24.8 Å². The molecule has 39 heavy (non-hydrogen) atoms. The van der Waals surface area contributed by atoms with Gasteiger partial charge in [-0.1, -0.05) is 74.5 Å². The zero-order valence-corrected chi connectivity index (χ0v) is 23.4. The number of hydrogen-bond donors (Lipinski definition) is 1. The summed E-state index contributed by atoms with van der Waals surface area (Å²) < 4.78 is 8.74. The summed E-state index contributed by atoms with van der Waals surface area (Å²) in [7, 11) is 0. The lowest BCUT2D eigenvalue weighted by molar-refractivity contribution is 0.153. The minimum atomic E-state index is -0.0274. The lowest BCUT2D eigenvalue weighted by Gasteiger charge is -2.33. The van der Waals surface area contributed by atoms with Gasteiger partial charge in [-0.2, -0.15) is 0 Å². The topological polar surface area (TPSA) is 53.8 Å². The molecule has 5 rings (SSSR count). The second kappa shape index (κ2) is 13.2. The van der Waals surface area contributed by atoms with Crippen molar-refractivity contribution in [1.29, 1.82) is 0 Å². The largest absolute Gasteiger partial charge is 0.492 e. The highest BCUT2D eigenvalue weighted by Crippen LogP contribution is 2.33. The SMILES string of the molecule is CCN(CC)CC(c1ccccc1)c1ccccc1OCCN1CCC(n2c(CO)nc3ccccc32)CC1. The van der Waals surface area contributed by atoms with Crippen molar-refractivity contribution in [1.82, 2.24) is 19.4 Å². The molecule has 2 heterocycles. The van der Waals surface area contributed by atoms with E-state index in [0.717, 1.165) is 74.7 Å². The predicted molar refractivity (Wildman–Crippen MR) is 158 cm³/mol. The van der Waals surface area contributed by atoms with Gasteiger partial charge in [0.15, 0.2) is 0 Å². The van der Waals surface area contributed by atoms with Crippen LogP contribution in [-0.4, -0.2) is 70.3 Å². The number of aliphatic hydroxyl groups is 1. The summed E-state index contributed by atoms with van der Waals surface area (Å²) >= 11 is 0. The lowest BCUT2D eigenvalue weighted by atomic mass is 9.90. The van der Waals surface area contributed by atoms with Gasteiger partial charge in [0.05, 0.1) is 11.0 Å². The van der Waals surface area contributed by atoms with Crippen molar-refractivity contribution < 1.29 is 9.84 Å². The summed E-state index contributed by atoms with van der Waals surface area (Å²) in [5.74, 6) is 2.03. The maximum absolute atomic E-state index is 9.92. The zero-order valence-electron chi connectivity index (χ0n) is 23.4. The third-order valence-electron chi connectivity index (χ3n) is 8.23. The number of fused-ring (bicyclic) bond motifs is 1. The fourth-order valence-corrected chi connectivity index (χ4v) is 6.01. The summed E-state index contributed by atoms with van der Waals surface area (Å²) in [6.07, 6.45) is 2.09. The molecule has 1 aliphatic rings. The number of imidazole rings is 1. The minimum absolute atomic E-state index is 0.0274. The van der Waals surface area contributed by atoms with Crippen molar-refractivity contribution >= 4 is 11.0 Å². The third-order valence-corrected chi connectivity index (χ3v) is 8.23. The number of aliphatic hydroxyl groups excluding tert-OH is 1. The average molecular weight is 527 g/mol. The highest BCUT2D eigenvalue weighted by molar-refractivity contribution is 5.76. The molecular formula is C33H42N4O2. The quantitative estimate of drug-likeness (QED) is 0.256. The Hall–Kier alpha value is -3.19. The van der Waals surface area contributed by atoms with E-state index in [4.69, 9.17) is 4.74 Å². The number of likely N-dealkylation sites (N-methyl/N-ethyl adjacent to an activating group) is 1. The molecule has 0 saturated carbocycles. The number of hydrogen-bond acceptors (Lipinski definition) is 5. The van der Waals surface area contributed by atoms with E-state index in [9.17, 15) is 5.11 Å². The number of nitrogens with zero attached hydrogens (tertiary/aromatic N) is 4. The predicted octanol–water partition coefficient (Wildman–Crippen LogP) is 5.72. The molecule has 1 saturated heterocycles. The molecule has 1 aromatic heterocycles. The van der Waals surface area contributed by atoms with Crippen LogP contribution in [0.3, 0.4) is 0 Å². The number of aromatic nitrogens is 2. The second-order valence-electron chi connectivity index (χ2n) is 10.5. The number of piperidine rings is 1. The summed E-state index contributed by atoms with van der Waals surface area (Å²) in [6, 6.07) is 28.0. The van der Waals surface area contributed by atoms with Crippen molar-refractivity contribution in [2.24, 2.45) is 0 Å². The first kappa shape index (κ1) is 27.4. The van der Waals surface area contributed by atoms with Gasteiger partial charge >= 0.3 is 0 Å². The zero-order chi connectivity index (χ0) is 27.0. The van der Waals surface area contributed by atoms with Crippen LogP contribution in [0.15, 0.2) is 78.9 Å². The van der Waals surface area contributed by atoms with Crippen LogP contribution < -0.4 is 4.74 Å². The Morgan fingerprint density at radius 3 is 2.36 bits per heavy atom. The van der Waals surface area contributed by atoms with Crippen LogP contribution in [0.1, 0.15) is 55.6 Å². The number of likely N-dealkylation sites (tertiary alicyclic amines) is 1. The van der Waals surface area contributed by atoms with Gasteiger partial charge in [-0.15, -0.1) is 0 Å². The van der Waals surface area contributed by atoms with Crippen molar-refractivity contribution in [3.8, 4) is 5.75 Å². The van der Waals surface area contributed by atoms with Crippen LogP contribution in [0.2, 0.25) is 0 Å². The number of rotatable bonds is 12. The van der Waals surface area contributed by atoms with Crippen LogP contribution in [0.5, 0.6) is 5.75 Å². The summed E-state index contributed by atoms with van der Waals surface area (Å²) in [5, 5.41) is 9.92. The Bertz CT molecular complexity index is 1310. The summed E-state index contributed by atoms with van der Waals surface area (Å²) in [5.41, 5.74) is 4.68. The van der Waals surface area contributed by atoms with Crippen LogP contribution in [0.25, 0.3) is 11.0 Å². The van der Waals surface area contributed by atoms with E-state index in [1.54, 1.807) is 0 Å². The molecule has 0 amide bonds. The second-order valence-corrected chi connectivity index (χ2v) is 10.5. The Balaban J connectivity index is 1.22. The van der Waals surface area contributed by atoms with Gasteiger partial charge in [-0.3, -0.25) is 4.90 Å². The Morgan fingerprint density at radius 1 is 0.923 bits per heavy atom. The first-order valence-corrected chi connectivity index (χ1v) is 14.5. The normalized spacial score (nSPS) is 15.7. The Kier molecular flexibility index (Phi) is 9.30. The molecule has 0 aliphatic carbocycles. The number of para-hydroxylation sites is 3. The Labute approximate surface area is 232 Å². The van der Waals surface area contributed by atoms with Crippen LogP contribution >= 0.6 is 0 Å². The van der Waals surface area contributed by atoms with Crippen molar-refractivity contribution in [2.45, 2.75) is 45.3 Å². The summed E-state index contributed by atoms with van der Waals surface area (Å²) in [4.78, 5) is 9.65. The van der Waals surface area contributed by atoms with E-state index >= 15 is 0 Å². The van der Waals surface area contributed by atoms with E-state index in [-0.39, 0.29) is 12.5 Å². The molecule has 1 unspecified atom stereocenters. The summed E-state index contributed by atoms with van der Waals surface area (Å²) in [6.45, 7) is 11.1. The highest BCUT2D eigenvalue weighted by Gasteiger charge is 2.25. The molecule has 3 aromatic carbocycles. The molecule has 1 aliphatic heterocycles. The molecule has 1 fully saturated rings. The molecule has 6 heteroatoms. The molecule has 1 atom stereocenters. The minimum Gasteiger partial charge on any atom is -0.492 e. The first-order chi connectivity index (χ1) is 19.2. The van der Waals surface area contributed by atoms with Crippen molar-refractivity contribution in [3.63, 3.8) is 0 Å². The number of ether oxygens (including phenoxy) is 1. The van der Waals surface area contributed by atoms with Gasteiger partial charge < -0.3 is 19.3 Å². The van der Waals surface area contributed by atoms with Gasteiger partial charge in [-0.25, -0.2) is 4.98 Å². The van der Waals surface area contributed by atoms with Gasteiger partial charge in [0.2, 0.25) is 0 Å². The lowest BCUT2D eigenvalue weighted by Crippen LogP contribution is -2.37. The standard InChI is InChI=1S/C33H42N4O2/c1-3-35(4-2)24-29(26-12-6-5-7-13-26)28-14-8-11-17-32(28)39-23-22-36-20-18-27(19-21-36)37-31-16-10-9-15-30(31)34-33(37)25-38/h5-17,27,29,38H,3-4,18-25H2,1-2H3.